The van der Waals surface area contributed by atoms with Gasteiger partial charge in [-0.25, -0.2) is 0 Å². The Morgan fingerprint density at radius 3 is 1.24 bits per heavy atom. The molecule has 0 rings (SSSR count). The summed E-state index contributed by atoms with van der Waals surface area (Å²) < 4.78 is 12.4. The Morgan fingerprint density at radius 1 is 0.471 bits per heavy atom. The van der Waals surface area contributed by atoms with Gasteiger partial charge in [0, 0.05) is 19.1 Å². The lowest BCUT2D eigenvalue weighted by Crippen LogP contribution is -2.28. The van der Waals surface area contributed by atoms with E-state index in [4.69, 9.17) is 9.47 Å². The molecule has 0 amide bonds. The fourth-order valence-electron chi connectivity index (χ4n) is 4.87. The smallest absolute Gasteiger partial charge is 0.160 e. The van der Waals surface area contributed by atoms with E-state index < -0.39 is 0 Å². The predicted octanol–water partition coefficient (Wildman–Crippen LogP) is 11.3. The minimum atomic E-state index is 0.0214. The highest BCUT2D eigenvalue weighted by molar-refractivity contribution is 4.66. The van der Waals surface area contributed by atoms with E-state index in [-0.39, 0.29) is 6.29 Å². The van der Waals surface area contributed by atoms with Crippen molar-refractivity contribution in [2.24, 2.45) is 11.3 Å². The van der Waals surface area contributed by atoms with E-state index in [2.05, 4.69) is 41.5 Å². The third-order valence-corrected chi connectivity index (χ3v) is 7.04. The van der Waals surface area contributed by atoms with Crippen LogP contribution in [0.2, 0.25) is 0 Å². The molecular formula is C32H66O2. The molecule has 0 aliphatic rings. The number of hydrogen-bond donors (Lipinski definition) is 0. The average molecular weight is 483 g/mol. The Kier molecular flexibility index (Phi) is 24.5. The Balaban J connectivity index is 4.14. The van der Waals surface area contributed by atoms with E-state index in [0.717, 1.165) is 26.1 Å². The molecule has 0 N–H and O–H groups in total. The molecule has 0 aliphatic carbocycles. The van der Waals surface area contributed by atoms with Crippen molar-refractivity contribution in [1.29, 1.82) is 0 Å². The van der Waals surface area contributed by atoms with Crippen molar-refractivity contribution >= 4 is 0 Å². The van der Waals surface area contributed by atoms with Crippen molar-refractivity contribution in [3.05, 3.63) is 0 Å². The summed E-state index contributed by atoms with van der Waals surface area (Å²) in [6.45, 7) is 15.4. The molecule has 34 heavy (non-hydrogen) atoms. The maximum atomic E-state index is 6.21. The lowest BCUT2D eigenvalue weighted by atomic mass is 9.89. The van der Waals surface area contributed by atoms with Gasteiger partial charge in [-0.1, -0.05) is 144 Å². The van der Waals surface area contributed by atoms with Gasteiger partial charge in [0.2, 0.25) is 0 Å². The summed E-state index contributed by atoms with van der Waals surface area (Å²) >= 11 is 0. The average Bonchev–Trinajstić information content (AvgIpc) is 2.80. The number of ether oxygens (including phenoxy) is 2. The minimum Gasteiger partial charge on any atom is -0.352 e. The Morgan fingerprint density at radius 2 is 0.853 bits per heavy atom. The maximum absolute atomic E-state index is 6.21. The molecule has 2 nitrogen and oxygen atoms in total. The van der Waals surface area contributed by atoms with Crippen LogP contribution in [0, 0.1) is 11.3 Å². The van der Waals surface area contributed by atoms with Crippen LogP contribution >= 0.6 is 0 Å². The largest absolute Gasteiger partial charge is 0.352 e. The molecule has 0 aromatic rings. The maximum Gasteiger partial charge on any atom is 0.160 e. The van der Waals surface area contributed by atoms with Crippen LogP contribution in [-0.2, 0) is 9.47 Å². The molecule has 1 atom stereocenters. The topological polar surface area (TPSA) is 18.5 Å². The summed E-state index contributed by atoms with van der Waals surface area (Å²) in [6.07, 6.45) is 28.5. The summed E-state index contributed by atoms with van der Waals surface area (Å²) in [5.74, 6) is 0.580. The van der Waals surface area contributed by atoms with E-state index in [1.54, 1.807) is 0 Å². The van der Waals surface area contributed by atoms with E-state index in [9.17, 15) is 0 Å². The highest BCUT2D eigenvalue weighted by atomic mass is 16.7. The van der Waals surface area contributed by atoms with Crippen LogP contribution in [0.5, 0.6) is 0 Å². The molecule has 0 heterocycles. The lowest BCUT2D eigenvalue weighted by molar-refractivity contribution is -0.175. The molecule has 0 aromatic carbocycles. The molecule has 1 unspecified atom stereocenters. The highest BCUT2D eigenvalue weighted by Crippen LogP contribution is 2.26. The van der Waals surface area contributed by atoms with Crippen LogP contribution in [0.25, 0.3) is 0 Å². The SMILES string of the molecule is CCCCCCCCCC(CCCCCCCCCCCC(C)(C)C)C(OCCC)OCCC. The molecule has 0 saturated carbocycles. The summed E-state index contributed by atoms with van der Waals surface area (Å²) in [7, 11) is 0. The molecular weight excluding hydrogens is 416 g/mol. The molecule has 0 bridgehead atoms. The second-order valence-electron chi connectivity index (χ2n) is 12.1. The molecule has 0 spiro atoms. The molecule has 0 saturated heterocycles. The van der Waals surface area contributed by atoms with Gasteiger partial charge in [0.1, 0.15) is 0 Å². The highest BCUT2D eigenvalue weighted by Gasteiger charge is 2.22. The van der Waals surface area contributed by atoms with Gasteiger partial charge >= 0.3 is 0 Å². The number of unbranched alkanes of at least 4 members (excludes halogenated alkanes) is 14. The lowest BCUT2D eigenvalue weighted by Gasteiger charge is -2.27. The van der Waals surface area contributed by atoms with Gasteiger partial charge in [-0.05, 0) is 37.5 Å². The van der Waals surface area contributed by atoms with Crippen molar-refractivity contribution in [1.82, 2.24) is 0 Å². The Hall–Kier alpha value is -0.0800. The minimum absolute atomic E-state index is 0.0214. The molecule has 0 radical (unpaired) electrons. The van der Waals surface area contributed by atoms with E-state index in [1.165, 1.54) is 122 Å². The quantitative estimate of drug-likeness (QED) is 0.0901. The second kappa shape index (κ2) is 24.6. The third kappa shape index (κ3) is 23.7. The van der Waals surface area contributed by atoms with Gasteiger partial charge in [-0.2, -0.15) is 0 Å². The number of rotatable bonds is 26. The van der Waals surface area contributed by atoms with Crippen LogP contribution in [0.4, 0.5) is 0 Å². The summed E-state index contributed by atoms with van der Waals surface area (Å²) in [5.41, 5.74) is 0.509. The van der Waals surface area contributed by atoms with Crippen molar-refractivity contribution in [2.75, 3.05) is 13.2 Å². The zero-order valence-corrected chi connectivity index (χ0v) is 24.7. The Labute approximate surface area is 216 Å². The molecule has 0 aromatic heterocycles. The molecule has 0 aliphatic heterocycles. The van der Waals surface area contributed by atoms with Gasteiger partial charge in [0.05, 0.1) is 0 Å². The van der Waals surface area contributed by atoms with Gasteiger partial charge in [-0.15, -0.1) is 0 Å². The van der Waals surface area contributed by atoms with Crippen molar-refractivity contribution in [3.63, 3.8) is 0 Å². The first-order valence-corrected chi connectivity index (χ1v) is 15.7. The summed E-state index contributed by atoms with van der Waals surface area (Å²) in [5, 5.41) is 0. The van der Waals surface area contributed by atoms with Crippen LogP contribution in [0.1, 0.15) is 176 Å². The monoisotopic (exact) mass is 483 g/mol. The first-order valence-electron chi connectivity index (χ1n) is 15.7. The van der Waals surface area contributed by atoms with Crippen molar-refractivity contribution < 1.29 is 9.47 Å². The summed E-state index contributed by atoms with van der Waals surface area (Å²) in [6, 6.07) is 0. The van der Waals surface area contributed by atoms with Crippen LogP contribution in [0.3, 0.4) is 0 Å². The van der Waals surface area contributed by atoms with Crippen LogP contribution in [-0.4, -0.2) is 19.5 Å². The first kappa shape index (κ1) is 33.9. The van der Waals surface area contributed by atoms with Crippen LogP contribution in [0.15, 0.2) is 0 Å². The Bertz CT molecular complexity index is 379. The van der Waals surface area contributed by atoms with E-state index in [0.29, 0.717) is 11.3 Å². The zero-order chi connectivity index (χ0) is 25.3. The van der Waals surface area contributed by atoms with E-state index >= 15 is 0 Å². The zero-order valence-electron chi connectivity index (χ0n) is 24.7. The van der Waals surface area contributed by atoms with Crippen molar-refractivity contribution in [2.45, 2.75) is 183 Å². The normalized spacial score (nSPS) is 13.1. The second-order valence-corrected chi connectivity index (χ2v) is 12.1. The fourth-order valence-corrected chi connectivity index (χ4v) is 4.87. The molecule has 206 valence electrons. The van der Waals surface area contributed by atoms with Crippen LogP contribution < -0.4 is 0 Å². The first-order chi connectivity index (χ1) is 16.4. The van der Waals surface area contributed by atoms with Crippen molar-refractivity contribution in [3.8, 4) is 0 Å². The van der Waals surface area contributed by atoms with E-state index in [1.807, 2.05) is 0 Å². The fraction of sp³-hybridized carbons (Fsp3) is 1.00. The summed E-state index contributed by atoms with van der Waals surface area (Å²) in [4.78, 5) is 0. The van der Waals surface area contributed by atoms with Gasteiger partial charge < -0.3 is 9.47 Å². The van der Waals surface area contributed by atoms with Gasteiger partial charge in [-0.3, -0.25) is 0 Å². The molecule has 2 heteroatoms. The third-order valence-electron chi connectivity index (χ3n) is 7.04. The molecule has 0 fully saturated rings. The predicted molar refractivity (Wildman–Crippen MR) is 153 cm³/mol. The van der Waals surface area contributed by atoms with Gasteiger partial charge in [0.25, 0.3) is 0 Å². The number of hydrogen-bond acceptors (Lipinski definition) is 2. The van der Waals surface area contributed by atoms with Gasteiger partial charge in [0.15, 0.2) is 6.29 Å². The standard InChI is InChI=1S/C32H66O2/c1-7-10-11-12-16-19-22-25-30(31(33-28-8-2)34-29-9-3)26-23-20-17-14-13-15-18-21-24-27-32(4,5)6/h30-31H,7-29H2,1-6H3.